The molecular formula is C15H12N4O2. The van der Waals surface area contributed by atoms with Gasteiger partial charge in [-0.15, -0.1) is 0 Å². The number of allylic oxidation sites excluding steroid dienone is 1. The highest BCUT2D eigenvalue weighted by Crippen LogP contribution is 2.39. The van der Waals surface area contributed by atoms with Crippen LogP contribution in [0.15, 0.2) is 46.8 Å². The van der Waals surface area contributed by atoms with Gasteiger partial charge in [-0.25, -0.2) is 0 Å². The third kappa shape index (κ3) is 2.05. The predicted octanol–water partition coefficient (Wildman–Crippen LogP) is 1.30. The second kappa shape index (κ2) is 4.80. The van der Waals surface area contributed by atoms with Gasteiger partial charge in [0.05, 0.1) is 11.5 Å². The number of pyridine rings is 2. The summed E-state index contributed by atoms with van der Waals surface area (Å²) in [6.07, 6.45) is 3.22. The van der Waals surface area contributed by atoms with Gasteiger partial charge in [0.2, 0.25) is 5.88 Å². The van der Waals surface area contributed by atoms with Gasteiger partial charge in [-0.3, -0.25) is 9.78 Å². The zero-order chi connectivity index (χ0) is 15.0. The molecule has 0 amide bonds. The Hall–Kier alpha value is -3.07. The molecule has 2 aromatic rings. The molecule has 3 N–H and O–H groups in total. The summed E-state index contributed by atoms with van der Waals surface area (Å²) in [6, 6.07) is 7.25. The molecule has 3 heterocycles. The number of nitrogens with one attached hydrogen (secondary N) is 1. The van der Waals surface area contributed by atoms with Crippen LogP contribution in [0, 0.1) is 18.3 Å². The van der Waals surface area contributed by atoms with E-state index in [0.29, 0.717) is 17.0 Å². The minimum atomic E-state index is -0.550. The van der Waals surface area contributed by atoms with Gasteiger partial charge < -0.3 is 15.5 Å². The minimum absolute atomic E-state index is 0.0248. The number of nitrogens with two attached hydrogens (primary N) is 1. The molecule has 2 aromatic heterocycles. The second-order valence-corrected chi connectivity index (χ2v) is 4.76. The largest absolute Gasteiger partial charge is 0.440 e. The maximum absolute atomic E-state index is 12.3. The molecule has 0 aromatic carbocycles. The molecule has 0 saturated carbocycles. The van der Waals surface area contributed by atoms with Gasteiger partial charge in [0.15, 0.2) is 0 Å². The monoisotopic (exact) mass is 280 g/mol. The van der Waals surface area contributed by atoms with E-state index >= 15 is 0 Å². The van der Waals surface area contributed by atoms with E-state index in [9.17, 15) is 10.1 Å². The molecule has 0 radical (unpaired) electrons. The molecule has 0 saturated heterocycles. The van der Waals surface area contributed by atoms with Gasteiger partial charge in [-0.1, -0.05) is 0 Å². The summed E-state index contributed by atoms with van der Waals surface area (Å²) in [4.78, 5) is 19.0. The number of H-pyrrole nitrogens is 1. The molecule has 0 unspecified atom stereocenters. The minimum Gasteiger partial charge on any atom is -0.440 e. The number of fused-ring (bicyclic) bond motifs is 1. The molecule has 0 spiro atoms. The van der Waals surface area contributed by atoms with Crippen LogP contribution in [0.4, 0.5) is 0 Å². The molecule has 1 atom stereocenters. The fraction of sp³-hybridized carbons (Fsp3) is 0.133. The SMILES string of the molecule is Cc1cc2c(c(=O)[nH]1)[C@@H](c1ccncc1)C(C#N)=C(N)O2. The van der Waals surface area contributed by atoms with Crippen molar-refractivity contribution in [2.24, 2.45) is 5.73 Å². The molecule has 6 nitrogen and oxygen atoms in total. The zero-order valence-electron chi connectivity index (χ0n) is 11.3. The Morgan fingerprint density at radius 1 is 1.43 bits per heavy atom. The van der Waals surface area contributed by atoms with E-state index < -0.39 is 5.92 Å². The lowest BCUT2D eigenvalue weighted by molar-refractivity contribution is 0.391. The summed E-state index contributed by atoms with van der Waals surface area (Å²) in [6.45, 7) is 1.76. The van der Waals surface area contributed by atoms with E-state index in [0.717, 1.165) is 5.56 Å². The molecule has 104 valence electrons. The lowest BCUT2D eigenvalue weighted by atomic mass is 9.84. The topological polar surface area (TPSA) is 105 Å². The van der Waals surface area contributed by atoms with Crippen molar-refractivity contribution in [2.75, 3.05) is 0 Å². The quantitative estimate of drug-likeness (QED) is 0.819. The number of nitriles is 1. The summed E-state index contributed by atoms with van der Waals surface area (Å²) in [7, 11) is 0. The first kappa shape index (κ1) is 12.9. The maximum Gasteiger partial charge on any atom is 0.256 e. The van der Waals surface area contributed by atoms with E-state index in [2.05, 4.69) is 9.97 Å². The van der Waals surface area contributed by atoms with Crippen LogP contribution in [-0.2, 0) is 0 Å². The van der Waals surface area contributed by atoms with Gasteiger partial charge in [-0.2, -0.15) is 5.26 Å². The van der Waals surface area contributed by atoms with Gasteiger partial charge in [0.25, 0.3) is 5.56 Å². The first-order chi connectivity index (χ1) is 10.1. The Kier molecular flexibility index (Phi) is 2.95. The first-order valence-electron chi connectivity index (χ1n) is 6.33. The lowest BCUT2D eigenvalue weighted by Crippen LogP contribution is -2.28. The molecule has 0 aliphatic carbocycles. The fourth-order valence-electron chi connectivity index (χ4n) is 2.50. The number of aryl methyl sites for hydroxylation is 1. The first-order valence-corrected chi connectivity index (χ1v) is 6.33. The van der Waals surface area contributed by atoms with Crippen LogP contribution in [0.3, 0.4) is 0 Å². The summed E-state index contributed by atoms with van der Waals surface area (Å²) in [5.41, 5.74) is 7.60. The Morgan fingerprint density at radius 3 is 2.81 bits per heavy atom. The standard InChI is InChI=1S/C15H12N4O2/c1-8-6-11-13(15(20)19-8)12(9-2-4-18-5-3-9)10(7-16)14(17)21-11/h2-6,12H,17H2,1H3,(H,19,20)/t12-/m0/s1. The Morgan fingerprint density at radius 2 is 2.14 bits per heavy atom. The zero-order valence-corrected chi connectivity index (χ0v) is 11.3. The number of rotatable bonds is 1. The summed E-state index contributed by atoms with van der Waals surface area (Å²) >= 11 is 0. The van der Waals surface area contributed by atoms with Crippen LogP contribution in [0.25, 0.3) is 0 Å². The van der Waals surface area contributed by atoms with Crippen LogP contribution in [0.2, 0.25) is 0 Å². The fourth-order valence-corrected chi connectivity index (χ4v) is 2.50. The molecule has 0 bridgehead atoms. The Bertz CT molecular complexity index is 831. The van der Waals surface area contributed by atoms with Crippen molar-refractivity contribution >= 4 is 0 Å². The van der Waals surface area contributed by atoms with Crippen LogP contribution >= 0.6 is 0 Å². The average molecular weight is 280 g/mol. The summed E-state index contributed by atoms with van der Waals surface area (Å²) in [5.74, 6) is -0.141. The van der Waals surface area contributed by atoms with Crippen LogP contribution in [0.5, 0.6) is 5.75 Å². The number of aromatic nitrogens is 2. The van der Waals surface area contributed by atoms with Gasteiger partial charge in [0, 0.05) is 24.2 Å². The number of ether oxygens (including phenoxy) is 1. The van der Waals surface area contributed by atoms with Crippen molar-refractivity contribution in [1.82, 2.24) is 9.97 Å². The number of nitrogens with zero attached hydrogens (tertiary/aromatic N) is 2. The van der Waals surface area contributed by atoms with E-state index in [1.165, 1.54) is 0 Å². The van der Waals surface area contributed by atoms with Crippen molar-refractivity contribution in [3.05, 3.63) is 69.2 Å². The Balaban J connectivity index is 2.32. The van der Waals surface area contributed by atoms with Crippen molar-refractivity contribution in [1.29, 1.82) is 5.26 Å². The van der Waals surface area contributed by atoms with E-state index in [1.807, 2.05) is 6.07 Å². The Labute approximate surface area is 120 Å². The maximum atomic E-state index is 12.3. The van der Waals surface area contributed by atoms with Crippen LogP contribution in [0.1, 0.15) is 22.7 Å². The molecule has 0 fully saturated rings. The summed E-state index contributed by atoms with van der Waals surface area (Å²) < 4.78 is 5.45. The highest BCUT2D eigenvalue weighted by atomic mass is 16.5. The third-order valence-electron chi connectivity index (χ3n) is 3.39. The number of hydrogen-bond acceptors (Lipinski definition) is 5. The van der Waals surface area contributed by atoms with Gasteiger partial charge in [-0.05, 0) is 24.6 Å². The van der Waals surface area contributed by atoms with E-state index in [-0.39, 0.29) is 17.0 Å². The van der Waals surface area contributed by atoms with E-state index in [4.69, 9.17) is 10.5 Å². The molecule has 1 aliphatic rings. The molecule has 3 rings (SSSR count). The summed E-state index contributed by atoms with van der Waals surface area (Å²) in [5, 5.41) is 9.37. The second-order valence-electron chi connectivity index (χ2n) is 4.76. The van der Waals surface area contributed by atoms with Crippen molar-refractivity contribution in [3.63, 3.8) is 0 Å². The molecular weight excluding hydrogens is 268 g/mol. The lowest BCUT2D eigenvalue weighted by Gasteiger charge is -2.25. The predicted molar refractivity (Wildman–Crippen MR) is 75.3 cm³/mol. The smallest absolute Gasteiger partial charge is 0.256 e. The number of hydrogen-bond donors (Lipinski definition) is 2. The molecule has 21 heavy (non-hydrogen) atoms. The third-order valence-corrected chi connectivity index (χ3v) is 3.39. The van der Waals surface area contributed by atoms with Crippen LogP contribution in [-0.4, -0.2) is 9.97 Å². The van der Waals surface area contributed by atoms with Crippen molar-refractivity contribution in [3.8, 4) is 11.8 Å². The highest BCUT2D eigenvalue weighted by Gasteiger charge is 2.33. The van der Waals surface area contributed by atoms with Crippen molar-refractivity contribution < 1.29 is 4.74 Å². The van der Waals surface area contributed by atoms with Crippen molar-refractivity contribution in [2.45, 2.75) is 12.8 Å². The highest BCUT2D eigenvalue weighted by molar-refractivity contribution is 5.54. The van der Waals surface area contributed by atoms with Gasteiger partial charge >= 0.3 is 0 Å². The normalized spacial score (nSPS) is 16.9. The van der Waals surface area contributed by atoms with Crippen LogP contribution < -0.4 is 16.0 Å². The van der Waals surface area contributed by atoms with Gasteiger partial charge in [0.1, 0.15) is 17.4 Å². The van der Waals surface area contributed by atoms with E-state index in [1.54, 1.807) is 37.5 Å². The molecule has 6 heteroatoms. The average Bonchev–Trinajstić information content (AvgIpc) is 2.46. The number of aromatic amines is 1. The molecule has 1 aliphatic heterocycles.